The maximum absolute atomic E-state index is 9.14. The van der Waals surface area contributed by atoms with Crippen LogP contribution in [0.3, 0.4) is 0 Å². The van der Waals surface area contributed by atoms with Crippen molar-refractivity contribution in [2.24, 2.45) is 0 Å². The zero-order chi connectivity index (χ0) is 16.1. The summed E-state index contributed by atoms with van der Waals surface area (Å²) < 4.78 is 1.04. The highest BCUT2D eigenvalue weighted by molar-refractivity contribution is 9.10. The number of anilines is 2. The molecule has 0 bridgehead atoms. The number of benzene rings is 2. The summed E-state index contributed by atoms with van der Waals surface area (Å²) in [7, 11) is 0. The van der Waals surface area contributed by atoms with Crippen molar-refractivity contribution in [2.45, 2.75) is 6.54 Å². The summed E-state index contributed by atoms with van der Waals surface area (Å²) in [6, 6.07) is 17.9. The Morgan fingerprint density at radius 2 is 1.74 bits per heavy atom. The van der Waals surface area contributed by atoms with Gasteiger partial charge >= 0.3 is 0 Å². The summed E-state index contributed by atoms with van der Waals surface area (Å²) >= 11 is 3.45. The molecule has 3 rings (SSSR count). The number of aromatic nitrogens is 2. The lowest BCUT2D eigenvalue weighted by Gasteiger charge is -2.24. The van der Waals surface area contributed by atoms with Crippen molar-refractivity contribution in [3.8, 4) is 6.07 Å². The van der Waals surface area contributed by atoms with Crippen LogP contribution < -0.4 is 4.90 Å². The van der Waals surface area contributed by atoms with Gasteiger partial charge in [0.1, 0.15) is 6.33 Å². The van der Waals surface area contributed by atoms with E-state index >= 15 is 0 Å². The summed E-state index contributed by atoms with van der Waals surface area (Å²) in [5.41, 5.74) is 3.59. The first-order chi connectivity index (χ1) is 11.3. The Bertz CT molecular complexity index is 826. The zero-order valence-corrected chi connectivity index (χ0v) is 13.8. The fraction of sp³-hybridized carbons (Fsp3) is 0.0556. The normalized spacial score (nSPS) is 10.1. The number of hydrogen-bond acceptors (Lipinski definition) is 4. The van der Waals surface area contributed by atoms with E-state index in [1.165, 1.54) is 6.33 Å². The fourth-order valence-electron chi connectivity index (χ4n) is 2.28. The summed E-state index contributed by atoms with van der Waals surface area (Å²) in [6.45, 7) is 0.662. The van der Waals surface area contributed by atoms with Crippen molar-refractivity contribution in [1.82, 2.24) is 9.97 Å². The fourth-order valence-corrected chi connectivity index (χ4v) is 2.54. The minimum absolute atomic E-state index is 0.625. The molecule has 0 spiro atoms. The van der Waals surface area contributed by atoms with Gasteiger partial charge < -0.3 is 4.90 Å². The molecule has 1 heterocycles. The molecule has 1 aromatic heterocycles. The van der Waals surface area contributed by atoms with Gasteiger partial charge in [-0.1, -0.05) is 34.1 Å². The number of halogens is 1. The molecular formula is C18H13BrN4. The molecule has 0 amide bonds. The Hall–Kier alpha value is -2.71. The molecule has 0 atom stereocenters. The van der Waals surface area contributed by atoms with Crippen LogP contribution in [0.2, 0.25) is 0 Å². The van der Waals surface area contributed by atoms with Gasteiger partial charge in [-0.05, 0) is 35.9 Å². The molecule has 4 nitrogen and oxygen atoms in total. The third-order valence-corrected chi connectivity index (χ3v) is 3.93. The maximum atomic E-state index is 9.14. The van der Waals surface area contributed by atoms with Gasteiger partial charge in [-0.2, -0.15) is 5.26 Å². The Morgan fingerprint density at radius 1 is 1.00 bits per heavy atom. The van der Waals surface area contributed by atoms with E-state index in [-0.39, 0.29) is 0 Å². The van der Waals surface area contributed by atoms with Crippen LogP contribution in [0.25, 0.3) is 0 Å². The predicted octanol–water partition coefficient (Wildman–Crippen LogP) is 4.45. The molecular weight excluding hydrogens is 352 g/mol. The van der Waals surface area contributed by atoms with Gasteiger partial charge in [-0.25, -0.2) is 9.97 Å². The Labute approximate surface area is 143 Å². The molecule has 2 aromatic carbocycles. The number of nitriles is 1. The molecule has 23 heavy (non-hydrogen) atoms. The highest BCUT2D eigenvalue weighted by atomic mass is 79.9. The molecule has 0 saturated carbocycles. The summed E-state index contributed by atoms with van der Waals surface area (Å²) in [6.07, 6.45) is 5.04. The average Bonchev–Trinajstić information content (AvgIpc) is 2.62. The SMILES string of the molecule is N#Cc1cccc(N(Cc2ccc(Br)cc2)c2cncnc2)c1. The van der Waals surface area contributed by atoms with Crippen LogP contribution >= 0.6 is 15.9 Å². The number of hydrogen-bond donors (Lipinski definition) is 0. The molecule has 0 aliphatic rings. The van der Waals surface area contributed by atoms with E-state index in [0.717, 1.165) is 21.4 Å². The van der Waals surface area contributed by atoms with Gasteiger partial charge in [-0.3, -0.25) is 0 Å². The van der Waals surface area contributed by atoms with Gasteiger partial charge in [0, 0.05) is 16.7 Å². The van der Waals surface area contributed by atoms with Gasteiger partial charge in [0.15, 0.2) is 0 Å². The maximum Gasteiger partial charge on any atom is 0.115 e. The first kappa shape index (κ1) is 15.2. The van der Waals surface area contributed by atoms with E-state index in [9.17, 15) is 0 Å². The summed E-state index contributed by atoms with van der Waals surface area (Å²) in [5, 5.41) is 9.14. The monoisotopic (exact) mass is 364 g/mol. The third kappa shape index (κ3) is 3.74. The van der Waals surface area contributed by atoms with Crippen molar-refractivity contribution in [1.29, 1.82) is 5.26 Å². The van der Waals surface area contributed by atoms with Crippen molar-refractivity contribution in [2.75, 3.05) is 4.90 Å². The molecule has 0 aliphatic carbocycles. The second-order valence-electron chi connectivity index (χ2n) is 4.97. The lowest BCUT2D eigenvalue weighted by Crippen LogP contribution is -2.17. The molecule has 5 heteroatoms. The van der Waals surface area contributed by atoms with E-state index in [0.29, 0.717) is 12.1 Å². The summed E-state index contributed by atoms with van der Waals surface area (Å²) in [5.74, 6) is 0. The lowest BCUT2D eigenvalue weighted by molar-refractivity contribution is 0.956. The van der Waals surface area contributed by atoms with E-state index in [2.05, 4.69) is 49.0 Å². The van der Waals surface area contributed by atoms with Crippen LogP contribution in [-0.4, -0.2) is 9.97 Å². The van der Waals surface area contributed by atoms with Crippen LogP contribution in [-0.2, 0) is 6.54 Å². The second-order valence-corrected chi connectivity index (χ2v) is 5.89. The lowest BCUT2D eigenvalue weighted by atomic mass is 10.1. The highest BCUT2D eigenvalue weighted by Crippen LogP contribution is 2.27. The Kier molecular flexibility index (Phi) is 4.65. The molecule has 0 saturated heterocycles. The first-order valence-corrected chi connectivity index (χ1v) is 7.83. The van der Waals surface area contributed by atoms with Crippen molar-refractivity contribution < 1.29 is 0 Å². The minimum Gasteiger partial charge on any atom is -0.334 e. The van der Waals surface area contributed by atoms with Crippen LogP contribution in [0.15, 0.2) is 71.7 Å². The van der Waals surface area contributed by atoms with Gasteiger partial charge in [0.2, 0.25) is 0 Å². The quantitative estimate of drug-likeness (QED) is 0.686. The molecule has 0 radical (unpaired) electrons. The Balaban J connectivity index is 2.00. The molecule has 0 aliphatic heterocycles. The smallest absolute Gasteiger partial charge is 0.115 e. The number of nitrogens with zero attached hydrogens (tertiary/aromatic N) is 4. The van der Waals surface area contributed by atoms with Crippen LogP contribution in [0.5, 0.6) is 0 Å². The van der Waals surface area contributed by atoms with Crippen molar-refractivity contribution in [3.63, 3.8) is 0 Å². The Morgan fingerprint density at radius 3 is 2.43 bits per heavy atom. The topological polar surface area (TPSA) is 52.8 Å². The largest absolute Gasteiger partial charge is 0.334 e. The minimum atomic E-state index is 0.625. The highest BCUT2D eigenvalue weighted by Gasteiger charge is 2.11. The van der Waals surface area contributed by atoms with Crippen LogP contribution in [0, 0.1) is 11.3 Å². The first-order valence-electron chi connectivity index (χ1n) is 7.03. The standard InChI is InChI=1S/C18H13BrN4/c19-16-6-4-14(5-7-16)12-23(18-10-21-13-22-11-18)17-3-1-2-15(8-17)9-20/h1-8,10-11,13H,12H2. The van der Waals surface area contributed by atoms with Crippen molar-refractivity contribution >= 4 is 27.3 Å². The van der Waals surface area contributed by atoms with Gasteiger partial charge in [0.25, 0.3) is 0 Å². The molecule has 112 valence electrons. The van der Waals surface area contributed by atoms with Gasteiger partial charge in [-0.15, -0.1) is 0 Å². The van der Waals surface area contributed by atoms with E-state index < -0.39 is 0 Å². The second kappa shape index (κ2) is 7.03. The van der Waals surface area contributed by atoms with E-state index in [1.54, 1.807) is 18.5 Å². The van der Waals surface area contributed by atoms with Crippen molar-refractivity contribution in [3.05, 3.63) is 82.9 Å². The zero-order valence-electron chi connectivity index (χ0n) is 12.2. The molecule has 3 aromatic rings. The molecule has 0 unspecified atom stereocenters. The predicted molar refractivity (Wildman–Crippen MR) is 93.2 cm³/mol. The van der Waals surface area contributed by atoms with Gasteiger partial charge in [0.05, 0.1) is 29.7 Å². The molecule has 0 N–H and O–H groups in total. The van der Waals surface area contributed by atoms with E-state index in [1.807, 2.05) is 30.3 Å². The summed E-state index contributed by atoms with van der Waals surface area (Å²) in [4.78, 5) is 10.3. The molecule has 0 fully saturated rings. The van der Waals surface area contributed by atoms with E-state index in [4.69, 9.17) is 5.26 Å². The number of rotatable bonds is 4. The van der Waals surface area contributed by atoms with Crippen LogP contribution in [0.1, 0.15) is 11.1 Å². The third-order valence-electron chi connectivity index (χ3n) is 3.40. The van der Waals surface area contributed by atoms with Crippen LogP contribution in [0.4, 0.5) is 11.4 Å². The average molecular weight is 365 g/mol.